The van der Waals surface area contributed by atoms with Crippen molar-refractivity contribution in [1.82, 2.24) is 4.90 Å². The fourth-order valence-electron chi connectivity index (χ4n) is 0.667. The highest BCUT2D eigenvalue weighted by atomic mass is 16.5. The van der Waals surface area contributed by atoms with Crippen LogP contribution in [0.5, 0.6) is 0 Å². The van der Waals surface area contributed by atoms with Gasteiger partial charge in [0, 0.05) is 13.0 Å². The van der Waals surface area contributed by atoms with Gasteiger partial charge in [-0.05, 0) is 13.6 Å². The molecule has 0 atom stereocenters. The molecule has 0 N–H and O–H groups in total. The van der Waals surface area contributed by atoms with Gasteiger partial charge in [-0.15, -0.1) is 0 Å². The predicted molar refractivity (Wildman–Crippen MR) is 49.3 cm³/mol. The Morgan fingerprint density at radius 3 is 2.58 bits per heavy atom. The Labute approximate surface area is 74.7 Å². The first-order chi connectivity index (χ1) is 5.70. The Bertz CT molecular complexity index is 126. The Balaban J connectivity index is 3.15. The zero-order valence-electron chi connectivity index (χ0n) is 8.30. The van der Waals surface area contributed by atoms with Crippen molar-refractivity contribution in [2.45, 2.75) is 20.3 Å². The quantitative estimate of drug-likeness (QED) is 0.536. The molecule has 3 heteroatoms. The molecule has 0 fully saturated rings. The van der Waals surface area contributed by atoms with Crippen molar-refractivity contribution in [3.63, 3.8) is 0 Å². The number of rotatable bonds is 7. The first-order valence-corrected chi connectivity index (χ1v) is 4.48. The lowest BCUT2D eigenvalue weighted by Crippen LogP contribution is -2.23. The highest BCUT2D eigenvalue weighted by Crippen LogP contribution is 1.85. The molecule has 0 unspecified atom stereocenters. The van der Waals surface area contributed by atoms with E-state index in [4.69, 9.17) is 4.74 Å². The van der Waals surface area contributed by atoms with E-state index in [1.807, 2.05) is 14.0 Å². The molecule has 72 valence electrons. The Morgan fingerprint density at radius 1 is 1.42 bits per heavy atom. The largest absolute Gasteiger partial charge is 0.372 e. The third-order valence-electron chi connectivity index (χ3n) is 1.81. The van der Waals surface area contributed by atoms with Gasteiger partial charge >= 0.3 is 0 Å². The van der Waals surface area contributed by atoms with Gasteiger partial charge < -0.3 is 9.64 Å². The summed E-state index contributed by atoms with van der Waals surface area (Å²) in [6.07, 6.45) is 0.573. The smallest absolute Gasteiger partial charge is 0.158 e. The van der Waals surface area contributed by atoms with Crippen molar-refractivity contribution in [1.29, 1.82) is 0 Å². The second-order valence-corrected chi connectivity index (χ2v) is 2.84. The summed E-state index contributed by atoms with van der Waals surface area (Å²) in [4.78, 5) is 12.9. The third kappa shape index (κ3) is 6.31. The number of ketones is 1. The van der Waals surface area contributed by atoms with Gasteiger partial charge in [-0.25, -0.2) is 0 Å². The number of hydrogen-bond donors (Lipinski definition) is 0. The van der Waals surface area contributed by atoms with E-state index in [-0.39, 0.29) is 12.4 Å². The summed E-state index contributed by atoms with van der Waals surface area (Å²) in [5.74, 6) is 0.175. The van der Waals surface area contributed by atoms with Crippen molar-refractivity contribution in [2.75, 3.05) is 33.4 Å². The van der Waals surface area contributed by atoms with Gasteiger partial charge in [0.1, 0.15) is 6.61 Å². The van der Waals surface area contributed by atoms with E-state index in [0.29, 0.717) is 13.0 Å². The van der Waals surface area contributed by atoms with Crippen LogP contribution >= 0.6 is 0 Å². The van der Waals surface area contributed by atoms with E-state index in [9.17, 15) is 4.79 Å². The molecule has 0 rings (SSSR count). The summed E-state index contributed by atoms with van der Waals surface area (Å²) < 4.78 is 5.17. The van der Waals surface area contributed by atoms with Gasteiger partial charge in [0.2, 0.25) is 0 Å². The molecule has 0 bridgehead atoms. The first-order valence-electron chi connectivity index (χ1n) is 4.48. The van der Waals surface area contributed by atoms with Crippen molar-refractivity contribution < 1.29 is 9.53 Å². The summed E-state index contributed by atoms with van der Waals surface area (Å²) in [5, 5.41) is 0. The van der Waals surface area contributed by atoms with Gasteiger partial charge in [0.15, 0.2) is 5.78 Å². The molecule has 3 nitrogen and oxygen atoms in total. The van der Waals surface area contributed by atoms with Crippen LogP contribution in [-0.4, -0.2) is 44.0 Å². The van der Waals surface area contributed by atoms with Crippen LogP contribution in [0.3, 0.4) is 0 Å². The lowest BCUT2D eigenvalue weighted by atomic mass is 10.3. The molecular weight excluding hydrogens is 154 g/mol. The molecule has 0 aromatic heterocycles. The van der Waals surface area contributed by atoms with E-state index in [1.54, 1.807) is 0 Å². The number of hydrogen-bond acceptors (Lipinski definition) is 3. The fraction of sp³-hybridized carbons (Fsp3) is 0.889. The molecule has 0 saturated carbocycles. The van der Waals surface area contributed by atoms with Crippen LogP contribution < -0.4 is 0 Å². The molecule has 0 saturated heterocycles. The maximum atomic E-state index is 10.8. The number of carbonyl (C=O) groups is 1. The minimum atomic E-state index is 0.175. The highest BCUT2D eigenvalue weighted by molar-refractivity contribution is 5.79. The predicted octanol–water partition coefficient (Wildman–Crippen LogP) is 0.934. The molecule has 0 aromatic carbocycles. The molecular formula is C9H19NO2. The monoisotopic (exact) mass is 173 g/mol. The van der Waals surface area contributed by atoms with Crippen molar-refractivity contribution >= 4 is 5.78 Å². The molecule has 0 aliphatic heterocycles. The second kappa shape index (κ2) is 7.25. The zero-order valence-corrected chi connectivity index (χ0v) is 8.30. The van der Waals surface area contributed by atoms with Crippen LogP contribution in [0.2, 0.25) is 0 Å². The third-order valence-corrected chi connectivity index (χ3v) is 1.81. The Morgan fingerprint density at radius 2 is 2.08 bits per heavy atom. The van der Waals surface area contributed by atoms with Gasteiger partial charge in [-0.1, -0.05) is 13.8 Å². The second-order valence-electron chi connectivity index (χ2n) is 2.84. The van der Waals surface area contributed by atoms with Crippen LogP contribution in [0.1, 0.15) is 20.3 Å². The molecule has 0 aliphatic carbocycles. The van der Waals surface area contributed by atoms with E-state index in [2.05, 4.69) is 11.8 Å². The van der Waals surface area contributed by atoms with Crippen LogP contribution in [0.15, 0.2) is 0 Å². The SMILES string of the molecule is CCC(=O)COCCN(C)CC. The van der Waals surface area contributed by atoms with Crippen LogP contribution in [0.4, 0.5) is 0 Å². The average Bonchev–Trinajstić information content (AvgIpc) is 2.11. The first kappa shape index (κ1) is 11.6. The number of Topliss-reactive ketones (excluding diaryl/α,β-unsaturated/α-hetero) is 1. The fourth-order valence-corrected chi connectivity index (χ4v) is 0.667. The van der Waals surface area contributed by atoms with Crippen molar-refractivity contribution in [3.05, 3.63) is 0 Å². The number of ether oxygens (including phenoxy) is 1. The summed E-state index contributed by atoms with van der Waals surface area (Å²) in [7, 11) is 2.03. The molecule has 0 spiro atoms. The van der Waals surface area contributed by atoms with E-state index < -0.39 is 0 Å². The van der Waals surface area contributed by atoms with Gasteiger partial charge in [0.05, 0.1) is 6.61 Å². The van der Waals surface area contributed by atoms with E-state index in [1.165, 1.54) is 0 Å². The van der Waals surface area contributed by atoms with Crippen LogP contribution in [-0.2, 0) is 9.53 Å². The van der Waals surface area contributed by atoms with Crippen LogP contribution in [0.25, 0.3) is 0 Å². The van der Waals surface area contributed by atoms with E-state index in [0.717, 1.165) is 13.1 Å². The number of likely N-dealkylation sites (N-methyl/N-ethyl adjacent to an activating group) is 1. The lowest BCUT2D eigenvalue weighted by Gasteiger charge is -2.12. The Kier molecular flexibility index (Phi) is 7.00. The minimum Gasteiger partial charge on any atom is -0.372 e. The van der Waals surface area contributed by atoms with Crippen molar-refractivity contribution in [2.24, 2.45) is 0 Å². The summed E-state index contributed by atoms with van der Waals surface area (Å²) in [6.45, 7) is 6.78. The lowest BCUT2D eigenvalue weighted by molar-refractivity contribution is -0.123. The normalized spacial score (nSPS) is 10.7. The summed E-state index contributed by atoms with van der Waals surface area (Å²) >= 11 is 0. The molecule has 12 heavy (non-hydrogen) atoms. The maximum absolute atomic E-state index is 10.8. The molecule has 0 aliphatic rings. The molecule has 0 amide bonds. The number of nitrogens with zero attached hydrogens (tertiary/aromatic N) is 1. The van der Waals surface area contributed by atoms with Gasteiger partial charge in [-0.3, -0.25) is 4.79 Å². The van der Waals surface area contributed by atoms with E-state index >= 15 is 0 Å². The molecule has 0 aromatic rings. The topological polar surface area (TPSA) is 29.5 Å². The Hall–Kier alpha value is -0.410. The highest BCUT2D eigenvalue weighted by Gasteiger charge is 1.98. The standard InChI is InChI=1S/C9H19NO2/c1-4-9(11)8-12-7-6-10(3)5-2/h4-8H2,1-3H3. The zero-order chi connectivity index (χ0) is 9.40. The summed E-state index contributed by atoms with van der Waals surface area (Å²) in [5.41, 5.74) is 0. The maximum Gasteiger partial charge on any atom is 0.158 e. The molecule has 0 radical (unpaired) electrons. The van der Waals surface area contributed by atoms with Gasteiger partial charge in [-0.2, -0.15) is 0 Å². The van der Waals surface area contributed by atoms with Crippen LogP contribution in [0, 0.1) is 0 Å². The number of carbonyl (C=O) groups excluding carboxylic acids is 1. The minimum absolute atomic E-state index is 0.175. The average molecular weight is 173 g/mol. The van der Waals surface area contributed by atoms with Gasteiger partial charge in [0.25, 0.3) is 0 Å². The van der Waals surface area contributed by atoms with Crippen molar-refractivity contribution in [3.8, 4) is 0 Å². The summed E-state index contributed by atoms with van der Waals surface area (Å²) in [6, 6.07) is 0. The molecule has 0 heterocycles.